The van der Waals surface area contributed by atoms with Crippen LogP contribution in [0.3, 0.4) is 0 Å². The number of benzene rings is 1. The first-order chi connectivity index (χ1) is 13.9. The summed E-state index contributed by atoms with van der Waals surface area (Å²) >= 11 is 4.68. The van der Waals surface area contributed by atoms with Gasteiger partial charge in [0, 0.05) is 42.4 Å². The van der Waals surface area contributed by atoms with E-state index in [1.54, 1.807) is 0 Å². The second-order valence-corrected chi connectivity index (χ2v) is 8.99. The molecule has 29 heavy (non-hydrogen) atoms. The number of rotatable bonds is 9. The van der Waals surface area contributed by atoms with E-state index >= 15 is 0 Å². The Bertz CT molecular complexity index is 711. The first-order valence-electron chi connectivity index (χ1n) is 9.80. The lowest BCUT2D eigenvalue weighted by molar-refractivity contribution is -0.130. The molecule has 3 amide bonds. The van der Waals surface area contributed by atoms with E-state index in [0.29, 0.717) is 32.7 Å². The Kier molecular flexibility index (Phi) is 9.96. The lowest BCUT2D eigenvalue weighted by Crippen LogP contribution is -2.52. The second kappa shape index (κ2) is 12.2. The summed E-state index contributed by atoms with van der Waals surface area (Å²) in [7, 11) is 0. The monoisotopic (exact) mass is 484 g/mol. The van der Waals surface area contributed by atoms with Gasteiger partial charge in [-0.3, -0.25) is 19.3 Å². The number of amides is 3. The van der Waals surface area contributed by atoms with Gasteiger partial charge >= 0.3 is 0 Å². The minimum absolute atomic E-state index is 0.0335. The van der Waals surface area contributed by atoms with Crippen molar-refractivity contribution in [1.29, 1.82) is 0 Å². The Labute approximate surface area is 185 Å². The van der Waals surface area contributed by atoms with Crippen molar-refractivity contribution in [3.8, 4) is 0 Å². The SMILES string of the molecule is CCC(C)NC(=O)CN1CCN(C(=O)CSCC(=O)Nc2cccc(Br)c2)CC1. The fraction of sp³-hybridized carbons (Fsp3) is 0.550. The standard InChI is InChI=1S/C20H29BrN4O3S/c1-3-15(2)22-18(26)12-24-7-9-25(10-8-24)20(28)14-29-13-19(27)23-17-6-4-5-16(21)11-17/h4-6,11,15H,3,7-10,12-14H2,1-2H3,(H,22,26)(H,23,27). The van der Waals surface area contributed by atoms with Crippen LogP contribution >= 0.6 is 27.7 Å². The Hall–Kier alpha value is -1.58. The average Bonchev–Trinajstić information content (AvgIpc) is 2.68. The lowest BCUT2D eigenvalue weighted by Gasteiger charge is -2.34. The number of carbonyl (C=O) groups excluding carboxylic acids is 3. The smallest absolute Gasteiger partial charge is 0.234 e. The molecular formula is C20H29BrN4O3S. The highest BCUT2D eigenvalue weighted by molar-refractivity contribution is 9.10. The summed E-state index contributed by atoms with van der Waals surface area (Å²) in [5.41, 5.74) is 0.727. The number of carbonyl (C=O) groups is 3. The number of thioether (sulfide) groups is 1. The molecule has 160 valence electrons. The van der Waals surface area contributed by atoms with Crippen LogP contribution in [-0.4, -0.2) is 77.8 Å². The highest BCUT2D eigenvalue weighted by Crippen LogP contribution is 2.16. The maximum Gasteiger partial charge on any atom is 0.234 e. The predicted molar refractivity (Wildman–Crippen MR) is 121 cm³/mol. The largest absolute Gasteiger partial charge is 0.353 e. The van der Waals surface area contributed by atoms with Crippen molar-refractivity contribution in [3.63, 3.8) is 0 Å². The molecule has 2 N–H and O–H groups in total. The minimum atomic E-state index is -0.127. The molecule has 7 nitrogen and oxygen atoms in total. The third-order valence-corrected chi connectivity index (χ3v) is 6.09. The summed E-state index contributed by atoms with van der Waals surface area (Å²) in [6.07, 6.45) is 0.909. The van der Waals surface area contributed by atoms with Gasteiger partial charge in [0.1, 0.15) is 0 Å². The molecule has 1 atom stereocenters. The number of piperazine rings is 1. The molecule has 0 radical (unpaired) electrons. The van der Waals surface area contributed by atoms with Crippen LogP contribution in [0.5, 0.6) is 0 Å². The Morgan fingerprint density at radius 2 is 1.86 bits per heavy atom. The van der Waals surface area contributed by atoms with Crippen molar-refractivity contribution in [3.05, 3.63) is 28.7 Å². The molecule has 1 aromatic carbocycles. The lowest BCUT2D eigenvalue weighted by atomic mass is 10.2. The van der Waals surface area contributed by atoms with Gasteiger partial charge in [-0.1, -0.05) is 28.9 Å². The van der Waals surface area contributed by atoms with Crippen LogP contribution in [0.25, 0.3) is 0 Å². The molecule has 0 aromatic heterocycles. The fourth-order valence-electron chi connectivity index (χ4n) is 2.87. The number of nitrogens with one attached hydrogen (secondary N) is 2. The third-order valence-electron chi connectivity index (χ3n) is 4.68. The van der Waals surface area contributed by atoms with Crippen LogP contribution < -0.4 is 10.6 Å². The van der Waals surface area contributed by atoms with Gasteiger partial charge in [-0.15, -0.1) is 11.8 Å². The van der Waals surface area contributed by atoms with Crippen LogP contribution in [0, 0.1) is 0 Å². The van der Waals surface area contributed by atoms with E-state index in [1.165, 1.54) is 11.8 Å². The zero-order valence-electron chi connectivity index (χ0n) is 16.9. The number of nitrogens with zero attached hydrogens (tertiary/aromatic N) is 2. The molecule has 1 heterocycles. The first kappa shape index (κ1) is 23.7. The summed E-state index contributed by atoms with van der Waals surface area (Å²) in [6.45, 7) is 7.00. The maximum absolute atomic E-state index is 12.4. The molecule has 1 aromatic rings. The molecule has 1 unspecified atom stereocenters. The van der Waals surface area contributed by atoms with Crippen molar-refractivity contribution in [2.24, 2.45) is 0 Å². The van der Waals surface area contributed by atoms with E-state index in [2.05, 4.69) is 31.5 Å². The van der Waals surface area contributed by atoms with Gasteiger partial charge in [-0.05, 0) is 31.5 Å². The van der Waals surface area contributed by atoms with Crippen LogP contribution in [0.1, 0.15) is 20.3 Å². The van der Waals surface area contributed by atoms with Gasteiger partial charge in [-0.25, -0.2) is 0 Å². The molecule has 9 heteroatoms. The summed E-state index contributed by atoms with van der Waals surface area (Å²) in [5, 5.41) is 5.78. The van der Waals surface area contributed by atoms with E-state index in [4.69, 9.17) is 0 Å². The number of halogens is 1. The highest BCUT2D eigenvalue weighted by atomic mass is 79.9. The zero-order valence-corrected chi connectivity index (χ0v) is 19.4. The van der Waals surface area contributed by atoms with Crippen molar-refractivity contribution >= 4 is 51.1 Å². The van der Waals surface area contributed by atoms with Crippen LogP contribution in [0.15, 0.2) is 28.7 Å². The molecule has 1 aliphatic rings. The van der Waals surface area contributed by atoms with E-state index in [1.807, 2.05) is 43.0 Å². The summed E-state index contributed by atoms with van der Waals surface area (Å²) in [5.74, 6) is 0.451. The van der Waals surface area contributed by atoms with Crippen LogP contribution in [0.2, 0.25) is 0 Å². The highest BCUT2D eigenvalue weighted by Gasteiger charge is 2.22. The van der Waals surface area contributed by atoms with Crippen molar-refractivity contribution in [2.75, 3.05) is 49.5 Å². The molecule has 2 rings (SSSR count). The minimum Gasteiger partial charge on any atom is -0.353 e. The van der Waals surface area contributed by atoms with Crippen molar-refractivity contribution < 1.29 is 14.4 Å². The zero-order chi connectivity index (χ0) is 21.2. The van der Waals surface area contributed by atoms with E-state index in [0.717, 1.165) is 16.6 Å². The number of anilines is 1. The Morgan fingerprint density at radius 3 is 2.52 bits per heavy atom. The van der Waals surface area contributed by atoms with Gasteiger partial charge in [0.25, 0.3) is 0 Å². The molecule has 1 saturated heterocycles. The van der Waals surface area contributed by atoms with Gasteiger partial charge < -0.3 is 15.5 Å². The fourth-order valence-corrected chi connectivity index (χ4v) is 3.98. The van der Waals surface area contributed by atoms with Crippen LogP contribution in [0.4, 0.5) is 5.69 Å². The van der Waals surface area contributed by atoms with Crippen molar-refractivity contribution in [1.82, 2.24) is 15.1 Å². The van der Waals surface area contributed by atoms with Crippen molar-refractivity contribution in [2.45, 2.75) is 26.3 Å². The molecular weight excluding hydrogens is 456 g/mol. The second-order valence-electron chi connectivity index (χ2n) is 7.09. The van der Waals surface area contributed by atoms with E-state index in [-0.39, 0.29) is 35.3 Å². The Balaban J connectivity index is 1.63. The topological polar surface area (TPSA) is 81.8 Å². The summed E-state index contributed by atoms with van der Waals surface area (Å²) in [6, 6.07) is 7.57. The Morgan fingerprint density at radius 1 is 1.14 bits per heavy atom. The first-order valence-corrected chi connectivity index (χ1v) is 11.7. The average molecular weight is 485 g/mol. The predicted octanol–water partition coefficient (Wildman–Crippen LogP) is 2.18. The van der Waals surface area contributed by atoms with Gasteiger partial charge in [0.15, 0.2) is 0 Å². The quantitative estimate of drug-likeness (QED) is 0.561. The van der Waals surface area contributed by atoms with Gasteiger partial charge in [0.05, 0.1) is 18.1 Å². The number of hydrogen-bond acceptors (Lipinski definition) is 5. The van der Waals surface area contributed by atoms with E-state index in [9.17, 15) is 14.4 Å². The maximum atomic E-state index is 12.4. The summed E-state index contributed by atoms with van der Waals surface area (Å²) in [4.78, 5) is 40.2. The molecule has 0 aliphatic carbocycles. The van der Waals surface area contributed by atoms with E-state index < -0.39 is 0 Å². The molecule has 0 spiro atoms. The molecule has 0 bridgehead atoms. The molecule has 1 aliphatic heterocycles. The normalized spacial score (nSPS) is 15.6. The van der Waals surface area contributed by atoms with Gasteiger partial charge in [-0.2, -0.15) is 0 Å². The number of hydrogen-bond donors (Lipinski definition) is 2. The van der Waals surface area contributed by atoms with Crippen LogP contribution in [-0.2, 0) is 14.4 Å². The third kappa shape index (κ3) is 8.76. The van der Waals surface area contributed by atoms with Gasteiger partial charge in [0.2, 0.25) is 17.7 Å². The molecule has 0 saturated carbocycles. The summed E-state index contributed by atoms with van der Waals surface area (Å²) < 4.78 is 0.898. The molecule has 1 fully saturated rings.